The summed E-state index contributed by atoms with van der Waals surface area (Å²) in [4.78, 5) is 29.0. The molecule has 1 aromatic heterocycles. The number of halogens is 1. The maximum absolute atomic E-state index is 11.9. The molecule has 1 N–H and O–H groups in total. The number of alkyl halides is 1. The van der Waals surface area contributed by atoms with E-state index in [0.29, 0.717) is 12.4 Å². The molecule has 0 spiro atoms. The summed E-state index contributed by atoms with van der Waals surface area (Å²) < 4.78 is 0. The lowest BCUT2D eigenvalue weighted by Gasteiger charge is -2.15. The average molecular weight is 304 g/mol. The number of carbonyl (C=O) groups excluding carboxylic acids is 2. The zero-order chi connectivity index (χ0) is 14.3. The fourth-order valence-corrected chi connectivity index (χ4v) is 2.39. The number of rotatable bonds is 7. The van der Waals surface area contributed by atoms with E-state index in [0.717, 1.165) is 17.1 Å². The second-order valence-corrected chi connectivity index (χ2v) is 5.35. The third-order valence-corrected chi connectivity index (χ3v) is 3.59. The highest BCUT2D eigenvalue weighted by Gasteiger charge is 2.14. The van der Waals surface area contributed by atoms with Crippen molar-refractivity contribution < 1.29 is 9.59 Å². The van der Waals surface area contributed by atoms with E-state index in [4.69, 9.17) is 11.6 Å². The Hall–Kier alpha value is -1.14. The predicted molar refractivity (Wildman–Crippen MR) is 76.3 cm³/mol. The predicted octanol–water partition coefficient (Wildman–Crippen LogP) is 1.41. The summed E-state index contributed by atoms with van der Waals surface area (Å²) in [6, 6.07) is 0. The maximum atomic E-state index is 11.9. The molecule has 0 aliphatic rings. The molecule has 0 aliphatic carbocycles. The van der Waals surface area contributed by atoms with Crippen LogP contribution < -0.4 is 5.32 Å². The molecular formula is C12H18ClN3O2S. The second-order valence-electron chi connectivity index (χ2n) is 4.14. The lowest BCUT2D eigenvalue weighted by molar-refractivity contribution is -0.134. The molecule has 0 unspecified atom stereocenters. The number of hydrogen-bond acceptors (Lipinski definition) is 4. The number of thiazole rings is 1. The largest absolute Gasteiger partial charge is 0.355 e. The van der Waals surface area contributed by atoms with Crippen LogP contribution >= 0.6 is 22.9 Å². The van der Waals surface area contributed by atoms with Crippen LogP contribution in [0.1, 0.15) is 24.0 Å². The standard InChI is InChI=1S/C12H18ClN3O2S/c1-3-4-14-10(17)7-16(2)12(18)5-11-15-9(6-13)8-19-11/h8H,3-7H2,1-2H3,(H,14,17). The molecule has 0 bridgehead atoms. The van der Waals surface area contributed by atoms with E-state index in [9.17, 15) is 9.59 Å². The van der Waals surface area contributed by atoms with Gasteiger partial charge in [-0.3, -0.25) is 9.59 Å². The molecule has 2 amide bonds. The topological polar surface area (TPSA) is 62.3 Å². The molecule has 0 aromatic carbocycles. The van der Waals surface area contributed by atoms with Crippen LogP contribution in [0.2, 0.25) is 0 Å². The van der Waals surface area contributed by atoms with Gasteiger partial charge in [-0.2, -0.15) is 0 Å². The number of likely N-dealkylation sites (N-methyl/N-ethyl adjacent to an activating group) is 1. The van der Waals surface area contributed by atoms with Gasteiger partial charge >= 0.3 is 0 Å². The normalized spacial score (nSPS) is 10.3. The number of nitrogens with one attached hydrogen (secondary N) is 1. The van der Waals surface area contributed by atoms with Gasteiger partial charge < -0.3 is 10.2 Å². The third-order valence-electron chi connectivity index (χ3n) is 2.42. The molecule has 106 valence electrons. The van der Waals surface area contributed by atoms with Gasteiger partial charge in [-0.1, -0.05) is 6.92 Å². The Morgan fingerprint density at radius 2 is 2.26 bits per heavy atom. The van der Waals surface area contributed by atoms with Crippen molar-refractivity contribution in [2.45, 2.75) is 25.6 Å². The fourth-order valence-electron chi connectivity index (χ4n) is 1.38. The lowest BCUT2D eigenvalue weighted by atomic mass is 10.3. The molecule has 7 heteroatoms. The van der Waals surface area contributed by atoms with E-state index in [1.54, 1.807) is 7.05 Å². The molecule has 0 saturated carbocycles. The SMILES string of the molecule is CCCNC(=O)CN(C)C(=O)Cc1nc(CCl)cs1. The van der Waals surface area contributed by atoms with Gasteiger partial charge in [-0.15, -0.1) is 22.9 Å². The quantitative estimate of drug-likeness (QED) is 0.775. The van der Waals surface area contributed by atoms with E-state index in [1.807, 2.05) is 12.3 Å². The van der Waals surface area contributed by atoms with Crippen molar-refractivity contribution >= 4 is 34.8 Å². The molecule has 1 heterocycles. The van der Waals surface area contributed by atoms with Crippen molar-refractivity contribution in [2.24, 2.45) is 0 Å². The van der Waals surface area contributed by atoms with Gasteiger partial charge in [0, 0.05) is 19.0 Å². The molecule has 1 aromatic rings. The molecule has 0 atom stereocenters. The van der Waals surface area contributed by atoms with Crippen molar-refractivity contribution in [1.29, 1.82) is 0 Å². The van der Waals surface area contributed by atoms with Crippen LogP contribution in [-0.4, -0.2) is 41.8 Å². The summed E-state index contributed by atoms with van der Waals surface area (Å²) in [5, 5.41) is 5.29. The first-order valence-corrected chi connectivity index (χ1v) is 7.48. The lowest BCUT2D eigenvalue weighted by Crippen LogP contribution is -2.39. The van der Waals surface area contributed by atoms with Gasteiger partial charge in [0.05, 0.1) is 24.5 Å². The van der Waals surface area contributed by atoms with Crippen molar-refractivity contribution in [3.63, 3.8) is 0 Å². The minimum Gasteiger partial charge on any atom is -0.355 e. The van der Waals surface area contributed by atoms with Gasteiger partial charge in [0.15, 0.2) is 0 Å². The Labute approximate surface area is 122 Å². The summed E-state index contributed by atoms with van der Waals surface area (Å²) in [7, 11) is 1.62. The number of aromatic nitrogens is 1. The Bertz CT molecular complexity index is 436. The Balaban J connectivity index is 2.41. The molecule has 1 rings (SSSR count). The van der Waals surface area contributed by atoms with E-state index < -0.39 is 0 Å². The Morgan fingerprint density at radius 3 is 2.84 bits per heavy atom. The van der Waals surface area contributed by atoms with Gasteiger partial charge in [-0.05, 0) is 6.42 Å². The van der Waals surface area contributed by atoms with Crippen LogP contribution in [0.15, 0.2) is 5.38 Å². The molecule has 19 heavy (non-hydrogen) atoms. The Morgan fingerprint density at radius 1 is 1.53 bits per heavy atom. The molecule has 0 saturated heterocycles. The zero-order valence-corrected chi connectivity index (χ0v) is 12.7. The van der Waals surface area contributed by atoms with Crippen molar-refractivity contribution in [3.05, 3.63) is 16.1 Å². The van der Waals surface area contributed by atoms with E-state index >= 15 is 0 Å². The highest BCUT2D eigenvalue weighted by molar-refractivity contribution is 7.09. The highest BCUT2D eigenvalue weighted by atomic mass is 35.5. The van der Waals surface area contributed by atoms with Crippen molar-refractivity contribution in [1.82, 2.24) is 15.2 Å². The summed E-state index contributed by atoms with van der Waals surface area (Å²) in [6.45, 7) is 2.69. The van der Waals surface area contributed by atoms with Crippen molar-refractivity contribution in [2.75, 3.05) is 20.1 Å². The van der Waals surface area contributed by atoms with Crippen molar-refractivity contribution in [3.8, 4) is 0 Å². The first-order chi connectivity index (χ1) is 9.06. The summed E-state index contributed by atoms with van der Waals surface area (Å²) >= 11 is 7.06. The summed E-state index contributed by atoms with van der Waals surface area (Å²) in [6.07, 6.45) is 1.09. The first kappa shape index (κ1) is 15.9. The zero-order valence-electron chi connectivity index (χ0n) is 11.1. The fraction of sp³-hybridized carbons (Fsp3) is 0.583. The highest BCUT2D eigenvalue weighted by Crippen LogP contribution is 2.12. The number of hydrogen-bond donors (Lipinski definition) is 1. The minimum atomic E-state index is -0.140. The molecule has 0 fully saturated rings. The van der Waals surface area contributed by atoms with Crippen LogP contribution in [0.3, 0.4) is 0 Å². The molecule has 0 aliphatic heterocycles. The van der Waals surface area contributed by atoms with E-state index in [2.05, 4.69) is 10.3 Å². The van der Waals surface area contributed by atoms with Crippen LogP contribution in [0.5, 0.6) is 0 Å². The molecule has 5 nitrogen and oxygen atoms in total. The van der Waals surface area contributed by atoms with Gasteiger partial charge in [-0.25, -0.2) is 4.98 Å². The number of carbonyl (C=O) groups is 2. The number of amides is 2. The molecule has 0 radical (unpaired) electrons. The molecular weight excluding hydrogens is 286 g/mol. The average Bonchev–Trinajstić information content (AvgIpc) is 2.83. The summed E-state index contributed by atoms with van der Waals surface area (Å²) in [5.74, 6) is 0.0837. The third kappa shape index (κ3) is 5.57. The first-order valence-electron chi connectivity index (χ1n) is 6.06. The van der Waals surface area contributed by atoms with Crippen LogP contribution in [-0.2, 0) is 21.9 Å². The minimum absolute atomic E-state index is 0.0760. The van der Waals surface area contributed by atoms with Crippen LogP contribution in [0, 0.1) is 0 Å². The smallest absolute Gasteiger partial charge is 0.239 e. The van der Waals surface area contributed by atoms with E-state index in [-0.39, 0.29) is 24.8 Å². The summed E-state index contributed by atoms with van der Waals surface area (Å²) in [5.41, 5.74) is 0.776. The van der Waals surface area contributed by atoms with Gasteiger partial charge in [0.25, 0.3) is 0 Å². The maximum Gasteiger partial charge on any atom is 0.239 e. The van der Waals surface area contributed by atoms with E-state index in [1.165, 1.54) is 16.2 Å². The second kappa shape index (κ2) is 8.12. The Kier molecular flexibility index (Phi) is 6.80. The van der Waals surface area contributed by atoms with Gasteiger partial charge in [0.2, 0.25) is 11.8 Å². The van der Waals surface area contributed by atoms with Crippen LogP contribution in [0.25, 0.3) is 0 Å². The van der Waals surface area contributed by atoms with Gasteiger partial charge in [0.1, 0.15) is 5.01 Å². The monoisotopic (exact) mass is 303 g/mol. The van der Waals surface area contributed by atoms with Crippen LogP contribution in [0.4, 0.5) is 0 Å². The number of nitrogens with zero attached hydrogens (tertiary/aromatic N) is 2.